The molecule has 0 aliphatic heterocycles. The third kappa shape index (κ3) is 5.80. The van der Waals surface area contributed by atoms with Crippen molar-refractivity contribution in [1.29, 1.82) is 0 Å². The topological polar surface area (TPSA) is 69.6 Å². The number of thiazole rings is 1. The van der Waals surface area contributed by atoms with Gasteiger partial charge < -0.3 is 15.5 Å². The molecule has 0 aromatic carbocycles. The molecule has 1 aromatic rings. The molecule has 1 aliphatic rings. The average molecular weight is 493 g/mol. The second-order valence-electron chi connectivity index (χ2n) is 6.98. The first kappa shape index (κ1) is 23.1. The number of guanidine groups is 1. The molecule has 0 unspecified atom stereocenters. The quantitative estimate of drug-likeness (QED) is 0.363. The summed E-state index contributed by atoms with van der Waals surface area (Å²) in [6.07, 6.45) is 4.13. The largest absolute Gasteiger partial charge is 0.357 e. The highest BCUT2D eigenvalue weighted by Crippen LogP contribution is 2.38. The minimum Gasteiger partial charge on any atom is -0.357 e. The van der Waals surface area contributed by atoms with E-state index in [9.17, 15) is 4.79 Å². The van der Waals surface area contributed by atoms with Crippen molar-refractivity contribution in [2.75, 3.05) is 27.2 Å². The Balaban J connectivity index is 0.00000338. The number of aryl methyl sites for hydroxylation is 2. The van der Waals surface area contributed by atoms with E-state index in [0.29, 0.717) is 13.1 Å². The van der Waals surface area contributed by atoms with E-state index in [1.807, 2.05) is 27.9 Å². The third-order valence-electron chi connectivity index (χ3n) is 4.74. The number of carbonyl (C=O) groups excluding carboxylic acids is 1. The monoisotopic (exact) mass is 493 g/mol. The van der Waals surface area contributed by atoms with Crippen LogP contribution < -0.4 is 10.6 Å². The Bertz CT molecular complexity index is 623. The zero-order chi connectivity index (χ0) is 18.4. The van der Waals surface area contributed by atoms with Crippen LogP contribution in [0.3, 0.4) is 0 Å². The molecule has 1 fully saturated rings. The van der Waals surface area contributed by atoms with Gasteiger partial charge in [0.15, 0.2) is 5.96 Å². The van der Waals surface area contributed by atoms with Crippen LogP contribution in [-0.4, -0.2) is 48.9 Å². The molecule has 6 nitrogen and oxygen atoms in total. The fraction of sp³-hybridized carbons (Fsp3) is 0.722. The maximum absolute atomic E-state index is 12.7. The van der Waals surface area contributed by atoms with Crippen molar-refractivity contribution in [2.45, 2.75) is 53.0 Å². The predicted octanol–water partition coefficient (Wildman–Crippen LogP) is 3.08. The Morgan fingerprint density at radius 3 is 2.42 bits per heavy atom. The zero-order valence-corrected chi connectivity index (χ0v) is 19.7. The number of aliphatic imine (C=N–C) groups is 1. The average Bonchev–Trinajstić information content (AvgIpc) is 3.16. The summed E-state index contributed by atoms with van der Waals surface area (Å²) in [4.78, 5) is 24.7. The molecule has 148 valence electrons. The number of nitrogens with zero attached hydrogens (tertiary/aromatic N) is 3. The van der Waals surface area contributed by atoms with E-state index in [2.05, 4.69) is 22.5 Å². The lowest BCUT2D eigenvalue weighted by Crippen LogP contribution is -2.49. The highest BCUT2D eigenvalue weighted by molar-refractivity contribution is 14.0. The highest BCUT2D eigenvalue weighted by atomic mass is 127. The van der Waals surface area contributed by atoms with Gasteiger partial charge in [0.1, 0.15) is 0 Å². The molecule has 1 saturated carbocycles. The standard InChI is InChI=1S/C18H31N5OS.HI/c1-6-19-17(20-11-15-13(2)22-14(3)25-15)21-12-18(9-7-8-10-18)16(24)23(4)5;/h6-12H2,1-5H3,(H2,19,20,21);1H. The molecule has 0 saturated heterocycles. The summed E-state index contributed by atoms with van der Waals surface area (Å²) >= 11 is 1.69. The Hall–Kier alpha value is -0.900. The van der Waals surface area contributed by atoms with E-state index in [-0.39, 0.29) is 35.3 Å². The lowest BCUT2D eigenvalue weighted by atomic mass is 9.84. The van der Waals surface area contributed by atoms with Gasteiger partial charge in [0, 0.05) is 32.1 Å². The van der Waals surface area contributed by atoms with Crippen LogP contribution in [0.2, 0.25) is 0 Å². The number of nitrogens with one attached hydrogen (secondary N) is 2. The van der Waals surface area contributed by atoms with E-state index >= 15 is 0 Å². The number of hydrogen-bond acceptors (Lipinski definition) is 4. The molecule has 0 spiro atoms. The molecule has 0 radical (unpaired) electrons. The number of carbonyl (C=O) groups is 1. The normalized spacial score (nSPS) is 16.1. The van der Waals surface area contributed by atoms with Gasteiger partial charge in [0.05, 0.1) is 22.7 Å². The SMILES string of the molecule is CCNC(=NCc1sc(C)nc1C)NCC1(C(=O)N(C)C)CCCC1.I. The molecule has 1 heterocycles. The smallest absolute Gasteiger partial charge is 0.230 e. The van der Waals surface area contributed by atoms with Gasteiger partial charge in [0.2, 0.25) is 5.91 Å². The minimum atomic E-state index is -0.295. The Morgan fingerprint density at radius 2 is 1.92 bits per heavy atom. The van der Waals surface area contributed by atoms with Gasteiger partial charge >= 0.3 is 0 Å². The number of rotatable bonds is 6. The van der Waals surface area contributed by atoms with Gasteiger partial charge in [-0.2, -0.15) is 0 Å². The van der Waals surface area contributed by atoms with Crippen molar-refractivity contribution in [3.8, 4) is 0 Å². The summed E-state index contributed by atoms with van der Waals surface area (Å²) in [6.45, 7) is 8.14. The molecule has 8 heteroatoms. The molecular formula is C18H32IN5OS. The fourth-order valence-corrected chi connectivity index (χ4v) is 4.32. The maximum atomic E-state index is 12.7. The van der Waals surface area contributed by atoms with Crippen molar-refractivity contribution in [3.05, 3.63) is 15.6 Å². The van der Waals surface area contributed by atoms with Gasteiger partial charge in [-0.3, -0.25) is 4.79 Å². The molecule has 0 atom stereocenters. The van der Waals surface area contributed by atoms with Crippen molar-refractivity contribution >= 4 is 47.2 Å². The van der Waals surface area contributed by atoms with Crippen LogP contribution in [-0.2, 0) is 11.3 Å². The Labute approximate surface area is 178 Å². The molecule has 2 rings (SSSR count). The summed E-state index contributed by atoms with van der Waals surface area (Å²) in [5.74, 6) is 0.994. The highest BCUT2D eigenvalue weighted by Gasteiger charge is 2.42. The van der Waals surface area contributed by atoms with E-state index in [4.69, 9.17) is 4.99 Å². The van der Waals surface area contributed by atoms with E-state index < -0.39 is 0 Å². The first-order chi connectivity index (χ1) is 11.9. The van der Waals surface area contributed by atoms with Gasteiger partial charge in [-0.15, -0.1) is 35.3 Å². The van der Waals surface area contributed by atoms with E-state index in [1.165, 1.54) is 4.88 Å². The van der Waals surface area contributed by atoms with Crippen LogP contribution in [0.4, 0.5) is 0 Å². The van der Waals surface area contributed by atoms with Crippen LogP contribution in [0.5, 0.6) is 0 Å². The van der Waals surface area contributed by atoms with Crippen LogP contribution >= 0.6 is 35.3 Å². The molecule has 0 bridgehead atoms. The predicted molar refractivity (Wildman–Crippen MR) is 119 cm³/mol. The molecule has 1 aliphatic carbocycles. The van der Waals surface area contributed by atoms with Crippen molar-refractivity contribution in [3.63, 3.8) is 0 Å². The van der Waals surface area contributed by atoms with Crippen LogP contribution in [0.25, 0.3) is 0 Å². The summed E-state index contributed by atoms with van der Waals surface area (Å²) in [7, 11) is 3.69. The number of halogens is 1. The number of amides is 1. The van der Waals surface area contributed by atoms with Crippen LogP contribution in [0.15, 0.2) is 4.99 Å². The second kappa shape index (κ2) is 10.4. The lowest BCUT2D eigenvalue weighted by molar-refractivity contribution is -0.138. The first-order valence-electron chi connectivity index (χ1n) is 9.05. The van der Waals surface area contributed by atoms with Gasteiger partial charge in [-0.05, 0) is 33.6 Å². The van der Waals surface area contributed by atoms with Crippen molar-refractivity contribution < 1.29 is 4.79 Å². The van der Waals surface area contributed by atoms with Crippen molar-refractivity contribution in [2.24, 2.45) is 10.4 Å². The molecule has 26 heavy (non-hydrogen) atoms. The fourth-order valence-electron chi connectivity index (χ4n) is 3.46. The lowest BCUT2D eigenvalue weighted by Gasteiger charge is -2.31. The minimum absolute atomic E-state index is 0. The molecule has 1 aromatic heterocycles. The van der Waals surface area contributed by atoms with E-state index in [0.717, 1.165) is 48.9 Å². The summed E-state index contributed by atoms with van der Waals surface area (Å²) < 4.78 is 0. The summed E-state index contributed by atoms with van der Waals surface area (Å²) in [6, 6.07) is 0. The summed E-state index contributed by atoms with van der Waals surface area (Å²) in [5.41, 5.74) is 0.758. The Morgan fingerprint density at radius 1 is 1.27 bits per heavy atom. The Kier molecular flexibility index (Phi) is 9.29. The maximum Gasteiger partial charge on any atom is 0.230 e. The molecule has 2 N–H and O–H groups in total. The van der Waals surface area contributed by atoms with Gasteiger partial charge in [0.25, 0.3) is 0 Å². The van der Waals surface area contributed by atoms with E-state index in [1.54, 1.807) is 16.2 Å². The van der Waals surface area contributed by atoms with Crippen LogP contribution in [0, 0.1) is 19.3 Å². The molecular weight excluding hydrogens is 461 g/mol. The van der Waals surface area contributed by atoms with Gasteiger partial charge in [-0.25, -0.2) is 9.98 Å². The van der Waals surface area contributed by atoms with Gasteiger partial charge in [-0.1, -0.05) is 12.8 Å². The van der Waals surface area contributed by atoms with Crippen molar-refractivity contribution in [1.82, 2.24) is 20.5 Å². The van der Waals surface area contributed by atoms with Crippen LogP contribution in [0.1, 0.15) is 48.2 Å². The zero-order valence-electron chi connectivity index (χ0n) is 16.5. The third-order valence-corrected chi connectivity index (χ3v) is 5.80. The first-order valence-corrected chi connectivity index (χ1v) is 9.86. The number of hydrogen-bond donors (Lipinski definition) is 2. The second-order valence-corrected chi connectivity index (χ2v) is 8.26. The molecule has 1 amide bonds. The number of aromatic nitrogens is 1. The summed E-state index contributed by atoms with van der Waals surface area (Å²) in [5, 5.41) is 7.77.